The standard InChI is InChI=1S/C84H163NO5/c1-3-5-7-9-11-13-15-17-18-19-20-21-22-34-37-40-43-46-49-53-56-60-64-68-72-76-82(87)81(80-86)85-83(88)77-73-69-65-61-57-54-50-47-44-41-38-35-32-30-28-26-24-23-25-27-29-31-33-36-39-42-45-48-51-55-59-63-67-71-75-79-90-84(89)78-74-70-66-62-58-52-16-14-12-10-8-6-4-2/h8,10,14,16,81-82,86-87H,3-7,9,11-13,15,17-80H2,1-2H3,(H,85,88)/b10-8-,16-14-. The van der Waals surface area contributed by atoms with E-state index in [1.165, 1.54) is 392 Å². The van der Waals surface area contributed by atoms with Gasteiger partial charge < -0.3 is 20.3 Å². The Labute approximate surface area is 564 Å². The molecule has 2 unspecified atom stereocenters. The lowest BCUT2D eigenvalue weighted by Gasteiger charge is -2.22. The molecular formula is C84H163NO5. The van der Waals surface area contributed by atoms with Crippen LogP contribution < -0.4 is 5.32 Å². The predicted octanol–water partition coefficient (Wildman–Crippen LogP) is 27.6. The zero-order valence-corrected chi connectivity index (χ0v) is 61.4. The molecule has 0 aromatic rings. The first kappa shape index (κ1) is 88.3. The number of aliphatic hydroxyl groups excluding tert-OH is 2. The van der Waals surface area contributed by atoms with Crippen LogP contribution in [-0.4, -0.2) is 47.4 Å². The van der Waals surface area contributed by atoms with Crippen LogP contribution in [0.4, 0.5) is 0 Å². The van der Waals surface area contributed by atoms with Crippen molar-refractivity contribution in [3.8, 4) is 0 Å². The van der Waals surface area contributed by atoms with Crippen molar-refractivity contribution in [2.75, 3.05) is 13.2 Å². The van der Waals surface area contributed by atoms with E-state index in [4.69, 9.17) is 4.74 Å². The van der Waals surface area contributed by atoms with Crippen LogP contribution in [0.15, 0.2) is 24.3 Å². The molecule has 0 rings (SSSR count). The predicted molar refractivity (Wildman–Crippen MR) is 398 cm³/mol. The minimum absolute atomic E-state index is 0.00812. The van der Waals surface area contributed by atoms with E-state index < -0.39 is 12.1 Å². The summed E-state index contributed by atoms with van der Waals surface area (Å²) in [4.78, 5) is 24.6. The van der Waals surface area contributed by atoms with Gasteiger partial charge in [-0.25, -0.2) is 0 Å². The van der Waals surface area contributed by atoms with Crippen LogP contribution in [0.3, 0.4) is 0 Å². The molecule has 0 aliphatic heterocycles. The number of esters is 1. The molecule has 0 aromatic carbocycles. The van der Waals surface area contributed by atoms with E-state index in [1.54, 1.807) is 0 Å². The van der Waals surface area contributed by atoms with Crippen LogP contribution in [0, 0.1) is 0 Å². The maximum absolute atomic E-state index is 12.6. The van der Waals surface area contributed by atoms with Gasteiger partial charge in [-0.2, -0.15) is 0 Å². The van der Waals surface area contributed by atoms with Gasteiger partial charge in [-0.3, -0.25) is 9.59 Å². The van der Waals surface area contributed by atoms with Gasteiger partial charge in [0.25, 0.3) is 0 Å². The first-order valence-electron chi connectivity index (χ1n) is 41.6. The molecule has 0 radical (unpaired) electrons. The summed E-state index contributed by atoms with van der Waals surface area (Å²) >= 11 is 0. The summed E-state index contributed by atoms with van der Waals surface area (Å²) in [6, 6.07) is -0.539. The second kappa shape index (κ2) is 79.8. The Balaban J connectivity index is 3.32. The van der Waals surface area contributed by atoms with Crippen molar-refractivity contribution in [1.29, 1.82) is 0 Å². The molecule has 0 spiro atoms. The van der Waals surface area contributed by atoms with Crippen molar-refractivity contribution in [2.24, 2.45) is 0 Å². The smallest absolute Gasteiger partial charge is 0.305 e. The number of rotatable bonds is 79. The largest absolute Gasteiger partial charge is 0.466 e. The molecule has 0 bridgehead atoms. The number of carbonyl (C=O) groups excluding carboxylic acids is 2. The first-order chi connectivity index (χ1) is 44.5. The van der Waals surface area contributed by atoms with Gasteiger partial charge in [0.15, 0.2) is 0 Å². The van der Waals surface area contributed by atoms with Crippen LogP contribution in [0.1, 0.15) is 476 Å². The molecule has 0 saturated heterocycles. The Kier molecular flexibility index (Phi) is 78.3. The van der Waals surface area contributed by atoms with Gasteiger partial charge in [0.1, 0.15) is 0 Å². The van der Waals surface area contributed by atoms with Crippen LogP contribution in [0.5, 0.6) is 0 Å². The third-order valence-corrected chi connectivity index (χ3v) is 19.7. The van der Waals surface area contributed by atoms with Crippen molar-refractivity contribution in [3.63, 3.8) is 0 Å². The van der Waals surface area contributed by atoms with E-state index in [1.807, 2.05) is 0 Å². The summed E-state index contributed by atoms with van der Waals surface area (Å²) in [6.07, 6.45) is 103. The molecule has 6 heteroatoms. The fourth-order valence-corrected chi connectivity index (χ4v) is 13.5. The average molecular weight is 1270 g/mol. The topological polar surface area (TPSA) is 95.9 Å². The molecule has 6 nitrogen and oxygen atoms in total. The highest BCUT2D eigenvalue weighted by atomic mass is 16.5. The maximum atomic E-state index is 12.6. The zero-order chi connectivity index (χ0) is 64.9. The molecule has 0 heterocycles. The SMILES string of the molecule is CCC/C=C\C/C=C\CCCCCCCC(=O)OCCCCCCCCCCCCCCCCCCCCCCCCCCCCCCCCCCCCCC(=O)NC(CO)C(O)CCCCCCCCCCCCCCCCCCCCCCCCCCC. The van der Waals surface area contributed by atoms with Crippen molar-refractivity contribution in [2.45, 2.75) is 488 Å². The molecule has 0 fully saturated rings. The Morgan fingerprint density at radius 2 is 0.578 bits per heavy atom. The summed E-state index contributed by atoms with van der Waals surface area (Å²) in [5.74, 6) is -0.0153. The van der Waals surface area contributed by atoms with Crippen LogP contribution in [0.2, 0.25) is 0 Å². The highest BCUT2D eigenvalue weighted by Gasteiger charge is 2.20. The van der Waals surface area contributed by atoms with Crippen LogP contribution >= 0.6 is 0 Å². The third-order valence-electron chi connectivity index (χ3n) is 19.7. The quantitative estimate of drug-likeness (QED) is 0.0320. The van der Waals surface area contributed by atoms with Gasteiger partial charge in [-0.15, -0.1) is 0 Å². The van der Waals surface area contributed by atoms with E-state index in [9.17, 15) is 19.8 Å². The highest BCUT2D eigenvalue weighted by molar-refractivity contribution is 5.76. The fraction of sp³-hybridized carbons (Fsp3) is 0.929. The lowest BCUT2D eigenvalue weighted by atomic mass is 10.0. The van der Waals surface area contributed by atoms with Crippen molar-refractivity contribution in [3.05, 3.63) is 24.3 Å². The minimum Gasteiger partial charge on any atom is -0.466 e. The number of aliphatic hydroxyl groups is 2. The number of carbonyl (C=O) groups is 2. The van der Waals surface area contributed by atoms with E-state index in [-0.39, 0.29) is 18.5 Å². The molecule has 0 saturated carbocycles. The summed E-state index contributed by atoms with van der Waals surface area (Å²) in [6.45, 7) is 4.94. The Bertz CT molecular complexity index is 1410. The first-order valence-corrected chi connectivity index (χ1v) is 41.6. The minimum atomic E-state index is -0.662. The monoisotopic (exact) mass is 1270 g/mol. The molecule has 1 amide bonds. The zero-order valence-electron chi connectivity index (χ0n) is 61.4. The molecule has 0 aliphatic carbocycles. The summed E-state index contributed by atoms with van der Waals surface area (Å²) in [5, 5.41) is 23.5. The average Bonchev–Trinajstić information content (AvgIpc) is 3.62. The van der Waals surface area contributed by atoms with Crippen LogP contribution in [-0.2, 0) is 14.3 Å². The Morgan fingerprint density at radius 3 is 0.889 bits per heavy atom. The number of hydrogen-bond donors (Lipinski definition) is 3. The number of ether oxygens (including phenoxy) is 1. The number of hydrogen-bond acceptors (Lipinski definition) is 5. The van der Waals surface area contributed by atoms with E-state index in [0.29, 0.717) is 25.9 Å². The molecule has 0 aliphatic rings. The fourth-order valence-electron chi connectivity index (χ4n) is 13.5. The van der Waals surface area contributed by atoms with Gasteiger partial charge in [-0.1, -0.05) is 436 Å². The second-order valence-corrected chi connectivity index (χ2v) is 28.8. The Morgan fingerprint density at radius 1 is 0.311 bits per heavy atom. The molecule has 90 heavy (non-hydrogen) atoms. The number of unbranched alkanes of at least 4 members (excludes halogenated alkanes) is 64. The van der Waals surface area contributed by atoms with Gasteiger partial charge in [-0.05, 0) is 51.4 Å². The van der Waals surface area contributed by atoms with Gasteiger partial charge >= 0.3 is 5.97 Å². The summed E-state index contributed by atoms with van der Waals surface area (Å²) < 4.78 is 5.49. The summed E-state index contributed by atoms with van der Waals surface area (Å²) in [5.41, 5.74) is 0. The molecule has 534 valence electrons. The third kappa shape index (κ3) is 75.4. The van der Waals surface area contributed by atoms with Gasteiger partial charge in [0, 0.05) is 12.8 Å². The Hall–Kier alpha value is -1.66. The van der Waals surface area contributed by atoms with E-state index in [0.717, 1.165) is 51.4 Å². The lowest BCUT2D eigenvalue weighted by molar-refractivity contribution is -0.143. The summed E-state index contributed by atoms with van der Waals surface area (Å²) in [7, 11) is 0. The lowest BCUT2D eigenvalue weighted by Crippen LogP contribution is -2.45. The number of allylic oxidation sites excluding steroid dienone is 4. The number of amides is 1. The molecule has 3 N–H and O–H groups in total. The normalized spacial score (nSPS) is 12.5. The van der Waals surface area contributed by atoms with Crippen molar-refractivity contribution >= 4 is 11.9 Å². The molecule has 2 atom stereocenters. The van der Waals surface area contributed by atoms with Gasteiger partial charge in [0.05, 0.1) is 25.4 Å². The molecule has 0 aromatic heterocycles. The molecular weight excluding hydrogens is 1100 g/mol. The van der Waals surface area contributed by atoms with Crippen LogP contribution in [0.25, 0.3) is 0 Å². The van der Waals surface area contributed by atoms with Gasteiger partial charge in [0.2, 0.25) is 5.91 Å². The van der Waals surface area contributed by atoms with E-state index in [2.05, 4.69) is 43.5 Å². The highest BCUT2D eigenvalue weighted by Crippen LogP contribution is 2.21. The van der Waals surface area contributed by atoms with Crippen molar-refractivity contribution in [1.82, 2.24) is 5.32 Å². The van der Waals surface area contributed by atoms with E-state index >= 15 is 0 Å². The second-order valence-electron chi connectivity index (χ2n) is 28.8. The van der Waals surface area contributed by atoms with Crippen molar-refractivity contribution < 1.29 is 24.5 Å². The number of nitrogens with one attached hydrogen (secondary N) is 1. The maximum Gasteiger partial charge on any atom is 0.305 e.